The second kappa shape index (κ2) is 6.76. The molecule has 3 heterocycles. The monoisotopic (exact) mass is 392 g/mol. The zero-order valence-corrected chi connectivity index (χ0v) is 16.5. The van der Waals surface area contributed by atoms with Crippen LogP contribution in [0.4, 0.5) is 0 Å². The third-order valence-electron chi connectivity index (χ3n) is 6.39. The molecule has 1 aromatic carbocycles. The number of carbonyl (C=O) groups is 2. The summed E-state index contributed by atoms with van der Waals surface area (Å²) in [5.74, 6) is 0.0888. The molecule has 150 valence electrons. The van der Waals surface area contributed by atoms with Crippen LogP contribution in [-0.2, 0) is 6.42 Å². The summed E-state index contributed by atoms with van der Waals surface area (Å²) >= 11 is 0. The molecule has 29 heavy (non-hydrogen) atoms. The van der Waals surface area contributed by atoms with E-state index in [1.54, 1.807) is 0 Å². The predicted octanol–water partition coefficient (Wildman–Crippen LogP) is 2.96. The van der Waals surface area contributed by atoms with Crippen LogP contribution >= 0.6 is 0 Å². The zero-order valence-electron chi connectivity index (χ0n) is 16.5. The van der Waals surface area contributed by atoms with Gasteiger partial charge in [0.1, 0.15) is 5.69 Å². The molecule has 1 fully saturated rings. The lowest BCUT2D eigenvalue weighted by Gasteiger charge is -2.32. The van der Waals surface area contributed by atoms with Crippen LogP contribution in [0.2, 0.25) is 0 Å². The number of para-hydroxylation sites is 2. The van der Waals surface area contributed by atoms with Gasteiger partial charge in [0.15, 0.2) is 5.78 Å². The van der Waals surface area contributed by atoms with E-state index < -0.39 is 0 Å². The molecule has 1 aliphatic heterocycles. The van der Waals surface area contributed by atoms with Crippen molar-refractivity contribution in [2.24, 2.45) is 0 Å². The van der Waals surface area contributed by atoms with Crippen molar-refractivity contribution in [3.63, 3.8) is 0 Å². The van der Waals surface area contributed by atoms with Crippen molar-refractivity contribution in [2.75, 3.05) is 13.1 Å². The zero-order chi connectivity index (χ0) is 20.1. The number of hydrogen-bond acceptors (Lipinski definition) is 3. The number of nitrogens with one attached hydrogen (secondary N) is 2. The highest BCUT2D eigenvalue weighted by molar-refractivity contribution is 6.04. The molecule has 0 atom stereocenters. The smallest absolute Gasteiger partial charge is 0.326 e. The number of H-pyrrole nitrogens is 2. The summed E-state index contributed by atoms with van der Waals surface area (Å²) in [6.45, 7) is 3.04. The number of fused-ring (bicyclic) bond motifs is 2. The molecule has 7 heteroatoms. The lowest BCUT2D eigenvalue weighted by molar-refractivity contribution is 0.0689. The maximum atomic E-state index is 13.1. The lowest BCUT2D eigenvalue weighted by atomic mass is 9.93. The first-order valence-electron chi connectivity index (χ1n) is 10.3. The number of rotatable bonds is 2. The van der Waals surface area contributed by atoms with Crippen LogP contribution in [0.3, 0.4) is 0 Å². The molecule has 2 aromatic heterocycles. The molecule has 2 N–H and O–H groups in total. The topological polar surface area (TPSA) is 91.0 Å². The number of likely N-dealkylation sites (tertiary alicyclic amines) is 1. The molecule has 0 radical (unpaired) electrons. The highest BCUT2D eigenvalue weighted by atomic mass is 16.2. The first-order chi connectivity index (χ1) is 14.0. The minimum Gasteiger partial charge on any atom is -0.354 e. The highest BCUT2D eigenvalue weighted by Crippen LogP contribution is 2.29. The number of nitrogens with zero attached hydrogens (tertiary/aromatic N) is 2. The van der Waals surface area contributed by atoms with Crippen molar-refractivity contribution in [1.29, 1.82) is 0 Å². The Bertz CT molecular complexity index is 1170. The van der Waals surface area contributed by atoms with Gasteiger partial charge in [-0.15, -0.1) is 0 Å². The van der Waals surface area contributed by atoms with Crippen molar-refractivity contribution < 1.29 is 9.59 Å². The van der Waals surface area contributed by atoms with Crippen LogP contribution in [0.5, 0.6) is 0 Å². The average molecular weight is 392 g/mol. The summed E-state index contributed by atoms with van der Waals surface area (Å²) in [5, 5.41) is 0. The number of piperidine rings is 1. The number of hydrogen-bond donors (Lipinski definition) is 2. The molecule has 1 amide bonds. The fraction of sp³-hybridized carbons (Fsp3) is 0.409. The van der Waals surface area contributed by atoms with Gasteiger partial charge >= 0.3 is 5.69 Å². The van der Waals surface area contributed by atoms with Crippen LogP contribution in [0.25, 0.3) is 11.0 Å². The van der Waals surface area contributed by atoms with Gasteiger partial charge in [0.2, 0.25) is 0 Å². The number of carbonyl (C=O) groups excluding carboxylic acids is 2. The summed E-state index contributed by atoms with van der Waals surface area (Å²) in [6.07, 6.45) is 3.67. The molecular weight excluding hydrogens is 368 g/mol. The Morgan fingerprint density at radius 3 is 2.59 bits per heavy atom. The minimum atomic E-state index is -0.0950. The van der Waals surface area contributed by atoms with Gasteiger partial charge in [-0.1, -0.05) is 12.1 Å². The van der Waals surface area contributed by atoms with Crippen molar-refractivity contribution in [3.8, 4) is 0 Å². The van der Waals surface area contributed by atoms with Crippen LogP contribution in [-0.4, -0.2) is 44.2 Å². The quantitative estimate of drug-likeness (QED) is 0.702. The molecule has 3 aromatic rings. The molecule has 7 nitrogen and oxygen atoms in total. The van der Waals surface area contributed by atoms with Gasteiger partial charge in [-0.25, -0.2) is 4.79 Å². The second-order valence-corrected chi connectivity index (χ2v) is 8.10. The number of amides is 1. The van der Waals surface area contributed by atoms with Crippen molar-refractivity contribution in [1.82, 2.24) is 19.4 Å². The molecule has 0 saturated carbocycles. The van der Waals surface area contributed by atoms with E-state index in [0.29, 0.717) is 25.2 Å². The summed E-state index contributed by atoms with van der Waals surface area (Å²) in [7, 11) is 0. The molecule has 0 unspecified atom stereocenters. The molecule has 1 aliphatic carbocycles. The van der Waals surface area contributed by atoms with Crippen molar-refractivity contribution >= 4 is 22.7 Å². The van der Waals surface area contributed by atoms with E-state index in [-0.39, 0.29) is 23.4 Å². The Hall–Kier alpha value is -3.09. The fourth-order valence-electron chi connectivity index (χ4n) is 4.91. The van der Waals surface area contributed by atoms with Crippen LogP contribution in [0.1, 0.15) is 63.8 Å². The van der Waals surface area contributed by atoms with E-state index in [0.717, 1.165) is 53.5 Å². The van der Waals surface area contributed by atoms with Gasteiger partial charge in [-0.2, -0.15) is 0 Å². The Labute approximate surface area is 167 Å². The van der Waals surface area contributed by atoms with E-state index in [4.69, 9.17) is 0 Å². The third-order valence-corrected chi connectivity index (χ3v) is 6.39. The normalized spacial score (nSPS) is 17.7. The first-order valence-corrected chi connectivity index (χ1v) is 10.3. The standard InChI is InChI=1S/C22H24N4O3/c1-13-19-16(6-4-8-18(19)27)23-20(13)21(28)25-11-9-14(10-12-25)26-17-7-3-2-5-15(17)24-22(26)29/h2-3,5,7,14,23H,4,6,8-12H2,1H3,(H,24,29). The van der Waals surface area contributed by atoms with Crippen LogP contribution in [0.15, 0.2) is 29.1 Å². The van der Waals surface area contributed by atoms with Crippen LogP contribution in [0, 0.1) is 6.92 Å². The molecular formula is C22H24N4O3. The lowest BCUT2D eigenvalue weighted by Crippen LogP contribution is -2.40. The Balaban J connectivity index is 1.36. The van der Waals surface area contributed by atoms with Gasteiger partial charge in [-0.3, -0.25) is 14.2 Å². The SMILES string of the molecule is Cc1c(C(=O)N2CCC(n3c(=O)[nH]c4ccccc43)CC2)[nH]c2c1C(=O)CCC2. The number of imidazole rings is 1. The van der Waals surface area contributed by atoms with Gasteiger partial charge in [-0.05, 0) is 50.3 Å². The largest absolute Gasteiger partial charge is 0.354 e. The number of ketones is 1. The number of aryl methyl sites for hydroxylation is 1. The Morgan fingerprint density at radius 2 is 1.83 bits per heavy atom. The maximum Gasteiger partial charge on any atom is 0.326 e. The van der Waals surface area contributed by atoms with Gasteiger partial charge < -0.3 is 14.9 Å². The molecule has 1 saturated heterocycles. The third kappa shape index (κ3) is 2.84. The van der Waals surface area contributed by atoms with E-state index in [2.05, 4.69) is 9.97 Å². The average Bonchev–Trinajstić information content (AvgIpc) is 3.24. The molecule has 0 spiro atoms. The van der Waals surface area contributed by atoms with Crippen molar-refractivity contribution in [2.45, 2.75) is 45.1 Å². The van der Waals surface area contributed by atoms with Crippen molar-refractivity contribution in [3.05, 3.63) is 57.3 Å². The van der Waals surface area contributed by atoms with Gasteiger partial charge in [0.25, 0.3) is 5.91 Å². The molecule has 2 aliphatic rings. The van der Waals surface area contributed by atoms with E-state index in [9.17, 15) is 14.4 Å². The fourth-order valence-corrected chi connectivity index (χ4v) is 4.91. The molecule has 5 rings (SSSR count). The van der Waals surface area contributed by atoms with Gasteiger partial charge in [0.05, 0.1) is 11.0 Å². The predicted molar refractivity (Wildman–Crippen MR) is 110 cm³/mol. The Morgan fingerprint density at radius 1 is 1.07 bits per heavy atom. The molecule has 0 bridgehead atoms. The van der Waals surface area contributed by atoms with E-state index >= 15 is 0 Å². The number of Topliss-reactive ketones (excluding diaryl/α,β-unsaturated/α-hetero) is 1. The van der Waals surface area contributed by atoms with E-state index in [1.165, 1.54) is 0 Å². The number of aromatic amines is 2. The van der Waals surface area contributed by atoms with Gasteiger partial charge in [0, 0.05) is 36.8 Å². The van der Waals surface area contributed by atoms with Crippen LogP contribution < -0.4 is 5.69 Å². The summed E-state index contributed by atoms with van der Waals surface area (Å²) in [5.41, 5.74) is 4.61. The Kier molecular flexibility index (Phi) is 4.19. The number of aromatic nitrogens is 3. The summed E-state index contributed by atoms with van der Waals surface area (Å²) < 4.78 is 1.83. The van der Waals surface area contributed by atoms with E-state index in [1.807, 2.05) is 40.7 Å². The summed E-state index contributed by atoms with van der Waals surface area (Å²) in [6, 6.07) is 7.77. The highest BCUT2D eigenvalue weighted by Gasteiger charge is 2.31. The second-order valence-electron chi connectivity index (χ2n) is 8.10. The number of benzene rings is 1. The minimum absolute atomic E-state index is 0.0468. The maximum absolute atomic E-state index is 13.1. The summed E-state index contributed by atoms with van der Waals surface area (Å²) in [4.78, 5) is 45.8. The first kappa shape index (κ1) is 18.0.